The van der Waals surface area contributed by atoms with Gasteiger partial charge in [0, 0.05) is 37.9 Å². The quantitative estimate of drug-likeness (QED) is 0.839. The maximum absolute atomic E-state index is 12.1. The van der Waals surface area contributed by atoms with E-state index in [2.05, 4.69) is 9.97 Å². The molecule has 0 aliphatic rings. The van der Waals surface area contributed by atoms with Crippen LogP contribution in [0.25, 0.3) is 0 Å². The van der Waals surface area contributed by atoms with Crippen LogP contribution in [-0.2, 0) is 17.8 Å². The number of aromatic nitrogens is 2. The molecule has 0 aromatic carbocycles. The van der Waals surface area contributed by atoms with Gasteiger partial charge in [-0.1, -0.05) is 6.07 Å². The highest BCUT2D eigenvalue weighted by molar-refractivity contribution is 5.78. The number of aryl methyl sites for hydroxylation is 1. The maximum Gasteiger partial charge on any atom is 0.228 e. The first-order chi connectivity index (χ1) is 9.16. The second-order valence-corrected chi connectivity index (χ2v) is 4.55. The van der Waals surface area contributed by atoms with E-state index in [-0.39, 0.29) is 5.91 Å². The van der Waals surface area contributed by atoms with Gasteiger partial charge in [0.1, 0.15) is 0 Å². The molecule has 1 amide bonds. The number of likely N-dealkylation sites (N-methyl/N-ethyl adjacent to an activating group) is 1. The molecule has 2 aromatic rings. The molecule has 98 valence electrons. The standard InChI is InChI=1S/C15H17N3O/c1-12-10-16-8-6-13(12)11-18(2)15(19)9-14-5-3-4-7-17-14/h3-8,10H,9,11H2,1-2H3. The monoisotopic (exact) mass is 255 g/mol. The lowest BCUT2D eigenvalue weighted by Crippen LogP contribution is -2.28. The Morgan fingerprint density at radius 3 is 2.79 bits per heavy atom. The van der Waals surface area contributed by atoms with E-state index in [0.29, 0.717) is 13.0 Å². The van der Waals surface area contributed by atoms with E-state index in [1.54, 1.807) is 17.3 Å². The Morgan fingerprint density at radius 1 is 1.26 bits per heavy atom. The molecular formula is C15H17N3O. The number of carbonyl (C=O) groups is 1. The summed E-state index contributed by atoms with van der Waals surface area (Å²) in [5.74, 6) is 0.0647. The SMILES string of the molecule is Cc1cnccc1CN(C)C(=O)Cc1ccccn1. The Kier molecular flexibility index (Phi) is 4.23. The van der Waals surface area contributed by atoms with E-state index in [1.165, 1.54) is 0 Å². The summed E-state index contributed by atoms with van der Waals surface area (Å²) in [5.41, 5.74) is 3.01. The zero-order chi connectivity index (χ0) is 13.7. The predicted molar refractivity (Wildman–Crippen MR) is 73.4 cm³/mol. The summed E-state index contributed by atoms with van der Waals surface area (Å²) >= 11 is 0. The number of nitrogens with zero attached hydrogens (tertiary/aromatic N) is 3. The molecule has 0 N–H and O–H groups in total. The number of pyridine rings is 2. The molecule has 0 radical (unpaired) electrons. The van der Waals surface area contributed by atoms with E-state index in [4.69, 9.17) is 0 Å². The Bertz CT molecular complexity index is 554. The molecule has 0 fully saturated rings. The molecule has 0 bridgehead atoms. The van der Waals surface area contributed by atoms with Gasteiger partial charge in [-0.25, -0.2) is 0 Å². The molecule has 2 rings (SSSR count). The van der Waals surface area contributed by atoms with Crippen LogP contribution in [0.3, 0.4) is 0 Å². The van der Waals surface area contributed by atoms with Crippen molar-refractivity contribution < 1.29 is 4.79 Å². The first-order valence-electron chi connectivity index (χ1n) is 6.20. The molecule has 0 atom stereocenters. The van der Waals surface area contributed by atoms with E-state index in [9.17, 15) is 4.79 Å². The van der Waals surface area contributed by atoms with Gasteiger partial charge < -0.3 is 4.90 Å². The van der Waals surface area contributed by atoms with Crippen molar-refractivity contribution in [1.29, 1.82) is 0 Å². The third-order valence-electron chi connectivity index (χ3n) is 3.03. The largest absolute Gasteiger partial charge is 0.341 e. The third kappa shape index (κ3) is 3.61. The number of amides is 1. The number of hydrogen-bond acceptors (Lipinski definition) is 3. The van der Waals surface area contributed by atoms with Crippen LogP contribution < -0.4 is 0 Å². The van der Waals surface area contributed by atoms with Crippen LogP contribution >= 0.6 is 0 Å². The third-order valence-corrected chi connectivity index (χ3v) is 3.03. The summed E-state index contributed by atoms with van der Waals surface area (Å²) in [6, 6.07) is 7.55. The Hall–Kier alpha value is -2.23. The first kappa shape index (κ1) is 13.2. The molecule has 2 heterocycles. The summed E-state index contributed by atoms with van der Waals surface area (Å²) in [6.45, 7) is 2.60. The molecule has 0 spiro atoms. The minimum Gasteiger partial charge on any atom is -0.341 e. The molecule has 0 aliphatic heterocycles. The van der Waals surface area contributed by atoms with Gasteiger partial charge in [-0.2, -0.15) is 0 Å². The van der Waals surface area contributed by atoms with Crippen LogP contribution in [-0.4, -0.2) is 27.8 Å². The lowest BCUT2D eigenvalue weighted by Gasteiger charge is -2.18. The van der Waals surface area contributed by atoms with E-state index < -0.39 is 0 Å². The minimum atomic E-state index is 0.0647. The average molecular weight is 255 g/mol. The topological polar surface area (TPSA) is 46.1 Å². The molecule has 4 nitrogen and oxygen atoms in total. The molecule has 0 aliphatic carbocycles. The fraction of sp³-hybridized carbons (Fsp3) is 0.267. The normalized spacial score (nSPS) is 10.2. The zero-order valence-electron chi connectivity index (χ0n) is 11.2. The van der Waals surface area contributed by atoms with Crippen LogP contribution in [0.4, 0.5) is 0 Å². The van der Waals surface area contributed by atoms with E-state index in [1.807, 2.05) is 44.4 Å². The second kappa shape index (κ2) is 6.09. The van der Waals surface area contributed by atoms with Crippen molar-refractivity contribution in [3.8, 4) is 0 Å². The summed E-state index contributed by atoms with van der Waals surface area (Å²) < 4.78 is 0. The van der Waals surface area contributed by atoms with Gasteiger partial charge in [-0.15, -0.1) is 0 Å². The van der Waals surface area contributed by atoms with Crippen LogP contribution in [0.5, 0.6) is 0 Å². The van der Waals surface area contributed by atoms with Crippen molar-refractivity contribution in [2.75, 3.05) is 7.05 Å². The first-order valence-corrected chi connectivity index (χ1v) is 6.20. The van der Waals surface area contributed by atoms with Gasteiger partial charge >= 0.3 is 0 Å². The molecular weight excluding hydrogens is 238 g/mol. The predicted octanol–water partition coefficient (Wildman–Crippen LogP) is 1.99. The summed E-state index contributed by atoms with van der Waals surface area (Å²) in [4.78, 5) is 22.0. The minimum absolute atomic E-state index is 0.0647. The highest BCUT2D eigenvalue weighted by atomic mass is 16.2. The molecule has 4 heteroatoms. The number of rotatable bonds is 4. The molecule has 0 saturated heterocycles. The highest BCUT2D eigenvalue weighted by Crippen LogP contribution is 2.09. The van der Waals surface area contributed by atoms with Crippen LogP contribution in [0.15, 0.2) is 42.9 Å². The van der Waals surface area contributed by atoms with Gasteiger partial charge in [0.25, 0.3) is 0 Å². The van der Waals surface area contributed by atoms with Crippen LogP contribution in [0, 0.1) is 6.92 Å². The summed E-state index contributed by atoms with van der Waals surface area (Å²) in [7, 11) is 1.81. The second-order valence-electron chi connectivity index (χ2n) is 4.55. The highest BCUT2D eigenvalue weighted by Gasteiger charge is 2.11. The van der Waals surface area contributed by atoms with Gasteiger partial charge in [0.05, 0.1) is 6.42 Å². The Balaban J connectivity index is 1.98. The van der Waals surface area contributed by atoms with Crippen molar-refractivity contribution in [2.24, 2.45) is 0 Å². The van der Waals surface area contributed by atoms with Gasteiger partial charge in [-0.3, -0.25) is 14.8 Å². The fourth-order valence-electron chi connectivity index (χ4n) is 1.82. The summed E-state index contributed by atoms with van der Waals surface area (Å²) in [5, 5.41) is 0. The molecule has 19 heavy (non-hydrogen) atoms. The van der Waals surface area contributed by atoms with Gasteiger partial charge in [-0.05, 0) is 36.2 Å². The maximum atomic E-state index is 12.1. The molecule has 0 saturated carbocycles. The molecule has 0 unspecified atom stereocenters. The van der Waals surface area contributed by atoms with Gasteiger partial charge in [0.2, 0.25) is 5.91 Å². The Labute approximate surface area is 113 Å². The van der Waals surface area contributed by atoms with E-state index >= 15 is 0 Å². The van der Waals surface area contributed by atoms with Crippen LogP contribution in [0.1, 0.15) is 16.8 Å². The smallest absolute Gasteiger partial charge is 0.228 e. The van der Waals surface area contributed by atoms with Crippen molar-refractivity contribution in [1.82, 2.24) is 14.9 Å². The van der Waals surface area contributed by atoms with Crippen molar-refractivity contribution in [3.05, 3.63) is 59.7 Å². The number of carbonyl (C=O) groups excluding carboxylic acids is 1. The Morgan fingerprint density at radius 2 is 2.11 bits per heavy atom. The van der Waals surface area contributed by atoms with E-state index in [0.717, 1.165) is 16.8 Å². The van der Waals surface area contributed by atoms with Crippen molar-refractivity contribution >= 4 is 5.91 Å². The number of hydrogen-bond donors (Lipinski definition) is 0. The molecule has 2 aromatic heterocycles. The lowest BCUT2D eigenvalue weighted by molar-refractivity contribution is -0.129. The lowest BCUT2D eigenvalue weighted by atomic mass is 10.1. The van der Waals surface area contributed by atoms with Crippen molar-refractivity contribution in [2.45, 2.75) is 19.9 Å². The van der Waals surface area contributed by atoms with Crippen LogP contribution in [0.2, 0.25) is 0 Å². The fourth-order valence-corrected chi connectivity index (χ4v) is 1.82. The summed E-state index contributed by atoms with van der Waals surface area (Å²) in [6.07, 6.45) is 5.60. The average Bonchev–Trinajstić information content (AvgIpc) is 2.42. The van der Waals surface area contributed by atoms with Crippen molar-refractivity contribution in [3.63, 3.8) is 0 Å². The zero-order valence-corrected chi connectivity index (χ0v) is 11.2. The van der Waals surface area contributed by atoms with Gasteiger partial charge in [0.15, 0.2) is 0 Å².